The van der Waals surface area contributed by atoms with E-state index in [0.717, 1.165) is 14.0 Å². The van der Waals surface area contributed by atoms with Crippen molar-refractivity contribution in [3.63, 3.8) is 0 Å². The SMILES string of the molecule is C#CC[C@@H](O[C@@](C)(c1ccccc1)C(F)(F)F)C(=O)OC. The molecular weight excluding hydrogens is 285 g/mol. The van der Waals surface area contributed by atoms with Gasteiger partial charge in [-0.05, 0) is 12.5 Å². The fourth-order valence-corrected chi connectivity index (χ4v) is 1.75. The van der Waals surface area contributed by atoms with Gasteiger partial charge in [0.05, 0.1) is 7.11 Å². The van der Waals surface area contributed by atoms with Crippen molar-refractivity contribution in [1.82, 2.24) is 0 Å². The molecule has 0 aliphatic carbocycles. The van der Waals surface area contributed by atoms with E-state index in [9.17, 15) is 18.0 Å². The van der Waals surface area contributed by atoms with Crippen LogP contribution in [0.4, 0.5) is 13.2 Å². The monoisotopic (exact) mass is 300 g/mol. The highest BCUT2D eigenvalue weighted by atomic mass is 19.4. The zero-order chi connectivity index (χ0) is 16.1. The maximum absolute atomic E-state index is 13.4. The van der Waals surface area contributed by atoms with Crippen molar-refractivity contribution < 1.29 is 27.4 Å². The number of terminal acetylenes is 1. The molecule has 0 heterocycles. The maximum Gasteiger partial charge on any atom is 0.421 e. The largest absolute Gasteiger partial charge is 0.467 e. The Hall–Kier alpha value is -2.00. The molecule has 0 saturated carbocycles. The molecule has 0 saturated heterocycles. The predicted octanol–water partition coefficient (Wildman–Crippen LogP) is 3.05. The van der Waals surface area contributed by atoms with E-state index in [4.69, 9.17) is 11.2 Å². The van der Waals surface area contributed by atoms with Crippen LogP contribution >= 0.6 is 0 Å². The van der Waals surface area contributed by atoms with E-state index >= 15 is 0 Å². The van der Waals surface area contributed by atoms with Crippen molar-refractivity contribution in [3.05, 3.63) is 35.9 Å². The topological polar surface area (TPSA) is 35.5 Å². The number of hydrogen-bond acceptors (Lipinski definition) is 3. The van der Waals surface area contributed by atoms with Gasteiger partial charge in [0.1, 0.15) is 0 Å². The summed E-state index contributed by atoms with van der Waals surface area (Å²) in [4.78, 5) is 11.5. The third kappa shape index (κ3) is 3.76. The first-order valence-corrected chi connectivity index (χ1v) is 6.07. The number of hydrogen-bond donors (Lipinski definition) is 0. The molecular formula is C15H15F3O3. The van der Waals surface area contributed by atoms with Crippen molar-refractivity contribution in [3.8, 4) is 12.3 Å². The average Bonchev–Trinajstić information content (AvgIpc) is 2.45. The lowest BCUT2D eigenvalue weighted by Gasteiger charge is -2.34. The molecule has 0 aliphatic rings. The Labute approximate surface area is 121 Å². The fraction of sp³-hybridized carbons (Fsp3) is 0.400. The summed E-state index contributed by atoms with van der Waals surface area (Å²) in [6.45, 7) is 0.856. The Balaban J connectivity index is 3.21. The number of carbonyl (C=O) groups is 1. The van der Waals surface area contributed by atoms with Crippen molar-refractivity contribution in [2.24, 2.45) is 0 Å². The van der Waals surface area contributed by atoms with Gasteiger partial charge in [-0.15, -0.1) is 12.3 Å². The van der Waals surface area contributed by atoms with Crippen LogP contribution in [0.5, 0.6) is 0 Å². The summed E-state index contributed by atoms with van der Waals surface area (Å²) in [7, 11) is 1.06. The molecule has 1 rings (SSSR count). The lowest BCUT2D eigenvalue weighted by Crippen LogP contribution is -2.46. The second-order valence-corrected chi connectivity index (χ2v) is 4.43. The lowest BCUT2D eigenvalue weighted by atomic mass is 9.94. The maximum atomic E-state index is 13.4. The molecule has 21 heavy (non-hydrogen) atoms. The molecule has 0 aliphatic heterocycles. The van der Waals surface area contributed by atoms with Crippen molar-refractivity contribution >= 4 is 5.97 Å². The van der Waals surface area contributed by atoms with Gasteiger partial charge in [0.25, 0.3) is 0 Å². The van der Waals surface area contributed by atoms with Gasteiger partial charge in [-0.3, -0.25) is 0 Å². The lowest BCUT2D eigenvalue weighted by molar-refractivity contribution is -0.289. The number of rotatable bonds is 5. The molecule has 0 spiro atoms. The van der Waals surface area contributed by atoms with Crippen LogP contribution in [0.15, 0.2) is 30.3 Å². The summed E-state index contributed by atoms with van der Waals surface area (Å²) in [5.74, 6) is 1.17. The van der Waals surface area contributed by atoms with Crippen LogP contribution in [0.2, 0.25) is 0 Å². The third-order valence-corrected chi connectivity index (χ3v) is 3.01. The molecule has 0 radical (unpaired) electrons. The molecule has 0 N–H and O–H groups in total. The summed E-state index contributed by atoms with van der Waals surface area (Å²) in [5.41, 5.74) is -2.78. The summed E-state index contributed by atoms with van der Waals surface area (Å²) in [6.07, 6.45) is -1.47. The normalized spacial score (nSPS) is 15.6. The Morgan fingerprint density at radius 1 is 1.33 bits per heavy atom. The van der Waals surface area contributed by atoms with Crippen LogP contribution in [-0.2, 0) is 19.9 Å². The van der Waals surface area contributed by atoms with Gasteiger partial charge in [-0.25, -0.2) is 4.79 Å². The van der Waals surface area contributed by atoms with E-state index in [1.54, 1.807) is 6.07 Å². The van der Waals surface area contributed by atoms with Crippen LogP contribution < -0.4 is 0 Å². The van der Waals surface area contributed by atoms with Crippen molar-refractivity contribution in [1.29, 1.82) is 0 Å². The molecule has 0 unspecified atom stereocenters. The van der Waals surface area contributed by atoms with Gasteiger partial charge < -0.3 is 9.47 Å². The Morgan fingerprint density at radius 2 is 1.90 bits per heavy atom. The van der Waals surface area contributed by atoms with E-state index in [0.29, 0.717) is 0 Å². The number of esters is 1. The van der Waals surface area contributed by atoms with Gasteiger partial charge in [0.2, 0.25) is 0 Å². The quantitative estimate of drug-likeness (QED) is 0.619. The smallest absolute Gasteiger partial charge is 0.421 e. The van der Waals surface area contributed by atoms with E-state index < -0.39 is 23.9 Å². The third-order valence-electron chi connectivity index (χ3n) is 3.01. The first kappa shape index (κ1) is 17.1. The van der Waals surface area contributed by atoms with E-state index in [-0.39, 0.29) is 12.0 Å². The molecule has 0 amide bonds. The predicted molar refractivity (Wildman–Crippen MR) is 70.2 cm³/mol. The summed E-state index contributed by atoms with van der Waals surface area (Å²) in [6, 6.07) is 7.04. The number of benzene rings is 1. The number of alkyl halides is 3. The van der Waals surface area contributed by atoms with E-state index in [1.807, 2.05) is 0 Å². The van der Waals surface area contributed by atoms with Gasteiger partial charge in [0, 0.05) is 6.42 Å². The van der Waals surface area contributed by atoms with Crippen LogP contribution in [0.3, 0.4) is 0 Å². The molecule has 3 nitrogen and oxygen atoms in total. The van der Waals surface area contributed by atoms with Crippen LogP contribution in [0, 0.1) is 12.3 Å². The molecule has 0 bridgehead atoms. The van der Waals surface area contributed by atoms with E-state index in [2.05, 4.69) is 10.7 Å². The van der Waals surface area contributed by atoms with Crippen LogP contribution in [0.1, 0.15) is 18.9 Å². The van der Waals surface area contributed by atoms with Crippen LogP contribution in [0.25, 0.3) is 0 Å². The highest BCUT2D eigenvalue weighted by Gasteiger charge is 2.55. The standard InChI is InChI=1S/C15H15F3O3/c1-4-8-12(13(19)20-3)21-14(2,15(16,17)18)11-9-6-5-7-10-11/h1,5-7,9-10,12H,8H2,2-3H3/t12-,14+/m1/s1. The molecule has 0 aromatic heterocycles. The first-order valence-electron chi connectivity index (χ1n) is 6.07. The van der Waals surface area contributed by atoms with E-state index in [1.165, 1.54) is 24.3 Å². The number of methoxy groups -OCH3 is 1. The Kier molecular flexibility index (Phi) is 5.39. The zero-order valence-electron chi connectivity index (χ0n) is 11.6. The average molecular weight is 300 g/mol. The van der Waals surface area contributed by atoms with Gasteiger partial charge >= 0.3 is 12.1 Å². The Bertz CT molecular complexity index is 519. The van der Waals surface area contributed by atoms with Crippen molar-refractivity contribution in [2.75, 3.05) is 7.11 Å². The fourth-order valence-electron chi connectivity index (χ4n) is 1.75. The molecule has 1 aromatic rings. The van der Waals surface area contributed by atoms with Gasteiger partial charge in [-0.1, -0.05) is 30.3 Å². The van der Waals surface area contributed by atoms with Gasteiger partial charge in [-0.2, -0.15) is 13.2 Å². The molecule has 114 valence electrons. The zero-order valence-corrected chi connectivity index (χ0v) is 11.6. The van der Waals surface area contributed by atoms with Crippen LogP contribution in [-0.4, -0.2) is 25.4 Å². The minimum Gasteiger partial charge on any atom is -0.467 e. The second-order valence-electron chi connectivity index (χ2n) is 4.43. The Morgan fingerprint density at radius 3 is 2.33 bits per heavy atom. The summed E-state index contributed by atoms with van der Waals surface area (Å²) in [5, 5.41) is 0. The minimum atomic E-state index is -4.73. The number of halogens is 3. The van der Waals surface area contributed by atoms with Gasteiger partial charge in [0.15, 0.2) is 11.7 Å². The first-order chi connectivity index (χ1) is 9.76. The number of ether oxygens (including phenoxy) is 2. The second kappa shape index (κ2) is 6.64. The minimum absolute atomic E-state index is 0.122. The summed E-state index contributed by atoms with van der Waals surface area (Å²) >= 11 is 0. The molecule has 2 atom stereocenters. The molecule has 6 heteroatoms. The van der Waals surface area contributed by atoms with Crippen molar-refractivity contribution in [2.45, 2.75) is 31.2 Å². The summed E-state index contributed by atoms with van der Waals surface area (Å²) < 4.78 is 49.8. The highest BCUT2D eigenvalue weighted by molar-refractivity contribution is 5.75. The molecule has 1 aromatic carbocycles. The number of carbonyl (C=O) groups excluding carboxylic acids is 1. The molecule has 0 fully saturated rings. The highest BCUT2D eigenvalue weighted by Crippen LogP contribution is 2.43.